The fraction of sp³-hybridized carbons (Fsp3) is 0.265. The van der Waals surface area contributed by atoms with Crippen molar-refractivity contribution in [3.8, 4) is 18.4 Å². The molecule has 0 amide bonds. The molecule has 5 rings (SSSR count). The molecular formula is C34H33N5. The summed E-state index contributed by atoms with van der Waals surface area (Å²) in [6, 6.07) is 15.2. The fourth-order valence-electron chi connectivity index (χ4n) is 5.21. The Labute approximate surface area is 231 Å². The van der Waals surface area contributed by atoms with Crippen molar-refractivity contribution in [2.24, 2.45) is 5.92 Å². The van der Waals surface area contributed by atoms with E-state index in [-0.39, 0.29) is 5.92 Å². The van der Waals surface area contributed by atoms with E-state index in [1.165, 1.54) is 5.56 Å². The quantitative estimate of drug-likeness (QED) is 0.303. The van der Waals surface area contributed by atoms with E-state index in [1.807, 2.05) is 0 Å². The van der Waals surface area contributed by atoms with Crippen LogP contribution in [0.3, 0.4) is 0 Å². The van der Waals surface area contributed by atoms with Gasteiger partial charge < -0.3 is 15.1 Å². The molecule has 39 heavy (non-hydrogen) atoms. The summed E-state index contributed by atoms with van der Waals surface area (Å²) in [5.74, 6) is 4.29. The van der Waals surface area contributed by atoms with Gasteiger partial charge in [0.05, 0.1) is 16.8 Å². The standard InChI is InChI=1S/C34H33N5/c1-5-25-8-7-9-27-20-31-32(21-28(27)11-10-25)36-23-29(22-35)34(31)39-18-16-38(17-19-39)33(6-2)37-30-14-12-26(13-15-30)24(3)4/h1,7,9-15,20-21,23-25,37H,2,8,16-19H2,3-4H3. The molecule has 1 aliphatic carbocycles. The van der Waals surface area contributed by atoms with E-state index in [4.69, 9.17) is 6.42 Å². The maximum Gasteiger partial charge on any atom is 0.150 e. The van der Waals surface area contributed by atoms with E-state index >= 15 is 0 Å². The number of aromatic nitrogens is 1. The Morgan fingerprint density at radius 2 is 1.85 bits per heavy atom. The Morgan fingerprint density at radius 1 is 1.10 bits per heavy atom. The number of anilines is 2. The highest BCUT2D eigenvalue weighted by atomic mass is 15.3. The third-order valence-electron chi connectivity index (χ3n) is 7.49. The number of rotatable bonds is 5. The zero-order valence-electron chi connectivity index (χ0n) is 22.6. The van der Waals surface area contributed by atoms with Crippen LogP contribution in [-0.4, -0.2) is 36.1 Å². The van der Waals surface area contributed by atoms with Crippen molar-refractivity contribution >= 4 is 34.4 Å². The number of nitriles is 1. The number of hydrogen-bond acceptors (Lipinski definition) is 5. The first-order chi connectivity index (χ1) is 19.0. The fourth-order valence-corrected chi connectivity index (χ4v) is 5.21. The highest BCUT2D eigenvalue weighted by Gasteiger charge is 2.24. The molecule has 1 aliphatic heterocycles. The SMILES string of the molecule is C#CC1C=Cc2cc3ncc(C#N)c(N4CCN(C(=C=C)Nc5ccc(C(C)C)cc5)CC4)c3cc2C=CC1. The highest BCUT2D eigenvalue weighted by Crippen LogP contribution is 2.34. The molecule has 2 heterocycles. The average molecular weight is 512 g/mol. The van der Waals surface area contributed by atoms with E-state index in [0.29, 0.717) is 11.5 Å². The van der Waals surface area contributed by atoms with Crippen molar-refractivity contribution in [1.82, 2.24) is 9.88 Å². The number of terminal acetylenes is 1. The lowest BCUT2D eigenvalue weighted by molar-refractivity contribution is 0.325. The second-order valence-corrected chi connectivity index (χ2v) is 10.3. The predicted molar refractivity (Wildman–Crippen MR) is 162 cm³/mol. The lowest BCUT2D eigenvalue weighted by Crippen LogP contribution is -2.47. The molecule has 1 atom stereocenters. The van der Waals surface area contributed by atoms with Crippen molar-refractivity contribution < 1.29 is 0 Å². The van der Waals surface area contributed by atoms with Crippen LogP contribution in [0.5, 0.6) is 0 Å². The van der Waals surface area contributed by atoms with E-state index < -0.39 is 0 Å². The Balaban J connectivity index is 1.39. The summed E-state index contributed by atoms with van der Waals surface area (Å²) in [5, 5.41) is 14.5. The van der Waals surface area contributed by atoms with Crippen LogP contribution in [0.2, 0.25) is 0 Å². The molecule has 2 aromatic carbocycles. The Bertz CT molecular complexity index is 1570. The maximum absolute atomic E-state index is 9.98. The number of piperazine rings is 1. The number of pyridine rings is 1. The van der Waals surface area contributed by atoms with E-state index in [9.17, 15) is 5.26 Å². The van der Waals surface area contributed by atoms with Crippen molar-refractivity contribution in [2.75, 3.05) is 36.4 Å². The van der Waals surface area contributed by atoms with Gasteiger partial charge in [-0.05, 0) is 53.3 Å². The first-order valence-corrected chi connectivity index (χ1v) is 13.5. The molecule has 1 N–H and O–H groups in total. The summed E-state index contributed by atoms with van der Waals surface area (Å²) in [7, 11) is 0. The first kappa shape index (κ1) is 25.9. The third-order valence-corrected chi connectivity index (χ3v) is 7.49. The maximum atomic E-state index is 9.98. The Hall–Kier alpha value is -4.70. The average Bonchev–Trinajstić information content (AvgIpc) is 2.96. The lowest BCUT2D eigenvalue weighted by Gasteiger charge is -2.38. The minimum atomic E-state index is 0.0919. The van der Waals surface area contributed by atoms with Crippen LogP contribution in [0, 0.1) is 29.6 Å². The van der Waals surface area contributed by atoms with Gasteiger partial charge in [0.25, 0.3) is 0 Å². The number of allylic oxidation sites excluding steroid dienone is 2. The van der Waals surface area contributed by atoms with Crippen molar-refractivity contribution in [3.63, 3.8) is 0 Å². The minimum absolute atomic E-state index is 0.0919. The second kappa shape index (κ2) is 11.4. The van der Waals surface area contributed by atoms with Gasteiger partial charge in [-0.25, -0.2) is 0 Å². The van der Waals surface area contributed by atoms with Gasteiger partial charge in [0, 0.05) is 49.4 Å². The number of hydrogen-bond donors (Lipinski definition) is 1. The van der Waals surface area contributed by atoms with Crippen LogP contribution in [0.4, 0.5) is 11.4 Å². The van der Waals surface area contributed by atoms with Crippen molar-refractivity contribution in [1.29, 1.82) is 5.26 Å². The van der Waals surface area contributed by atoms with E-state index in [0.717, 1.165) is 71.8 Å². The predicted octanol–water partition coefficient (Wildman–Crippen LogP) is 6.77. The number of nitrogens with one attached hydrogen (secondary N) is 1. The van der Waals surface area contributed by atoms with Gasteiger partial charge in [-0.1, -0.05) is 68.5 Å². The van der Waals surface area contributed by atoms with Gasteiger partial charge in [0.1, 0.15) is 6.07 Å². The molecule has 0 saturated carbocycles. The molecule has 5 nitrogen and oxygen atoms in total. The second-order valence-electron chi connectivity index (χ2n) is 10.3. The Morgan fingerprint density at radius 3 is 2.51 bits per heavy atom. The van der Waals surface area contributed by atoms with Gasteiger partial charge in [0.15, 0.2) is 5.82 Å². The van der Waals surface area contributed by atoms with Crippen LogP contribution in [-0.2, 0) is 0 Å². The van der Waals surface area contributed by atoms with Crippen LogP contribution in [0.25, 0.3) is 23.1 Å². The smallest absolute Gasteiger partial charge is 0.150 e. The summed E-state index contributed by atoms with van der Waals surface area (Å²) in [6.07, 6.45) is 16.6. The third kappa shape index (κ3) is 5.46. The molecule has 1 unspecified atom stereocenters. The summed E-state index contributed by atoms with van der Waals surface area (Å²) in [4.78, 5) is 9.21. The minimum Gasteiger partial charge on any atom is -0.366 e. The first-order valence-electron chi connectivity index (χ1n) is 13.5. The molecule has 1 fully saturated rings. The highest BCUT2D eigenvalue weighted by molar-refractivity contribution is 5.97. The summed E-state index contributed by atoms with van der Waals surface area (Å²) < 4.78 is 0. The van der Waals surface area contributed by atoms with Crippen molar-refractivity contribution in [2.45, 2.75) is 26.2 Å². The van der Waals surface area contributed by atoms with Gasteiger partial charge in [-0.15, -0.1) is 6.42 Å². The van der Waals surface area contributed by atoms with Crippen LogP contribution < -0.4 is 10.2 Å². The van der Waals surface area contributed by atoms with E-state index in [2.05, 4.69) is 119 Å². The van der Waals surface area contributed by atoms with Crippen LogP contribution in [0.1, 0.15) is 48.4 Å². The number of benzene rings is 2. The summed E-state index contributed by atoms with van der Waals surface area (Å²) in [6.45, 7) is 11.4. The van der Waals surface area contributed by atoms with Gasteiger partial charge in [-0.3, -0.25) is 4.98 Å². The molecule has 194 valence electrons. The van der Waals surface area contributed by atoms with Crippen LogP contribution >= 0.6 is 0 Å². The van der Waals surface area contributed by atoms with Crippen molar-refractivity contribution in [3.05, 3.63) is 95.1 Å². The molecule has 0 bridgehead atoms. The monoisotopic (exact) mass is 511 g/mol. The molecule has 3 aromatic rings. The summed E-state index contributed by atoms with van der Waals surface area (Å²) >= 11 is 0. The molecule has 1 aromatic heterocycles. The molecule has 0 radical (unpaired) electrons. The van der Waals surface area contributed by atoms with Gasteiger partial charge >= 0.3 is 0 Å². The molecule has 5 heteroatoms. The van der Waals surface area contributed by atoms with Crippen LogP contribution in [0.15, 0.2) is 72.9 Å². The molecule has 0 spiro atoms. The number of nitrogens with zero attached hydrogens (tertiary/aromatic N) is 4. The molecule has 1 saturated heterocycles. The number of fused-ring (bicyclic) bond motifs is 2. The topological polar surface area (TPSA) is 55.2 Å². The van der Waals surface area contributed by atoms with Gasteiger partial charge in [-0.2, -0.15) is 5.26 Å². The largest absolute Gasteiger partial charge is 0.366 e. The zero-order valence-corrected chi connectivity index (χ0v) is 22.6. The normalized spacial score (nSPS) is 16.6. The summed E-state index contributed by atoms with van der Waals surface area (Å²) in [5.41, 5.74) is 10.0. The van der Waals surface area contributed by atoms with Gasteiger partial charge in [0.2, 0.25) is 0 Å². The molecule has 2 aliphatic rings. The van der Waals surface area contributed by atoms with E-state index in [1.54, 1.807) is 6.20 Å². The zero-order chi connectivity index (χ0) is 27.4. The molecular weight excluding hydrogens is 478 g/mol. The lowest BCUT2D eigenvalue weighted by atomic mass is 9.95. The Kier molecular flexibility index (Phi) is 7.55.